The van der Waals surface area contributed by atoms with Crippen LogP contribution in [-0.4, -0.2) is 31.4 Å². The minimum absolute atomic E-state index is 0.232. The van der Waals surface area contributed by atoms with E-state index in [0.717, 1.165) is 31.0 Å². The molecule has 1 heterocycles. The zero-order valence-corrected chi connectivity index (χ0v) is 12.0. The standard InChI is InChI=1S/C13H18F2N2O2S/c1-9(16)13-4-2-3-7-17(13)20(18,19)10-5-6-11(14)12(15)8-10/h5-6,8-9,13H,2-4,7,16H2,1H3/t9-,13-/m0/s1. The van der Waals surface area contributed by atoms with Gasteiger partial charge in [-0.3, -0.25) is 0 Å². The van der Waals surface area contributed by atoms with Gasteiger partial charge in [-0.25, -0.2) is 17.2 Å². The van der Waals surface area contributed by atoms with Gasteiger partial charge in [0, 0.05) is 18.6 Å². The first-order chi connectivity index (χ1) is 9.34. The van der Waals surface area contributed by atoms with Crippen LogP contribution in [0.4, 0.5) is 8.78 Å². The topological polar surface area (TPSA) is 63.4 Å². The van der Waals surface area contributed by atoms with Crippen molar-refractivity contribution >= 4 is 10.0 Å². The third kappa shape index (κ3) is 2.84. The van der Waals surface area contributed by atoms with E-state index in [9.17, 15) is 17.2 Å². The SMILES string of the molecule is C[C@H](N)[C@@H]1CCCCN1S(=O)(=O)c1ccc(F)c(F)c1. The Bertz CT molecular complexity index is 590. The van der Waals surface area contributed by atoms with Crippen LogP contribution in [0.5, 0.6) is 0 Å². The van der Waals surface area contributed by atoms with Gasteiger partial charge in [0.2, 0.25) is 10.0 Å². The van der Waals surface area contributed by atoms with E-state index in [1.165, 1.54) is 4.31 Å². The van der Waals surface area contributed by atoms with Crippen LogP contribution >= 0.6 is 0 Å². The van der Waals surface area contributed by atoms with Crippen molar-refractivity contribution < 1.29 is 17.2 Å². The molecule has 1 saturated heterocycles. The van der Waals surface area contributed by atoms with Gasteiger partial charge in [0.05, 0.1) is 4.90 Å². The van der Waals surface area contributed by atoms with Crippen molar-refractivity contribution in [1.29, 1.82) is 0 Å². The largest absolute Gasteiger partial charge is 0.326 e. The molecule has 0 spiro atoms. The minimum atomic E-state index is -3.85. The lowest BCUT2D eigenvalue weighted by Gasteiger charge is -2.36. The van der Waals surface area contributed by atoms with Crippen LogP contribution in [0.2, 0.25) is 0 Å². The summed E-state index contributed by atoms with van der Waals surface area (Å²) in [6.45, 7) is 2.11. The summed E-state index contributed by atoms with van der Waals surface area (Å²) < 4.78 is 52.6. The Kier molecular flexibility index (Phi) is 4.41. The lowest BCUT2D eigenvalue weighted by Crippen LogP contribution is -2.51. The van der Waals surface area contributed by atoms with E-state index in [1.807, 2.05) is 0 Å². The highest BCUT2D eigenvalue weighted by Gasteiger charge is 2.35. The molecule has 0 radical (unpaired) electrons. The van der Waals surface area contributed by atoms with Crippen LogP contribution in [-0.2, 0) is 10.0 Å². The van der Waals surface area contributed by atoms with Gasteiger partial charge in [-0.2, -0.15) is 4.31 Å². The fraction of sp³-hybridized carbons (Fsp3) is 0.538. The number of sulfonamides is 1. The van der Waals surface area contributed by atoms with Crippen LogP contribution in [0.15, 0.2) is 23.1 Å². The second-order valence-corrected chi connectivity index (χ2v) is 7.00. The van der Waals surface area contributed by atoms with Crippen LogP contribution in [0.1, 0.15) is 26.2 Å². The van der Waals surface area contributed by atoms with Gasteiger partial charge < -0.3 is 5.73 Å². The van der Waals surface area contributed by atoms with Crippen LogP contribution < -0.4 is 5.73 Å². The molecule has 1 aromatic carbocycles. The molecule has 0 aromatic heterocycles. The number of hydrogen-bond acceptors (Lipinski definition) is 3. The molecule has 2 rings (SSSR count). The third-order valence-electron chi connectivity index (χ3n) is 3.60. The van der Waals surface area contributed by atoms with Gasteiger partial charge in [0.25, 0.3) is 0 Å². The molecule has 1 aromatic rings. The van der Waals surface area contributed by atoms with E-state index in [0.29, 0.717) is 13.0 Å². The molecule has 2 N–H and O–H groups in total. The van der Waals surface area contributed by atoms with Crippen molar-refractivity contribution in [3.63, 3.8) is 0 Å². The first-order valence-corrected chi connectivity index (χ1v) is 8.00. The maximum atomic E-state index is 13.2. The van der Waals surface area contributed by atoms with Gasteiger partial charge in [-0.15, -0.1) is 0 Å². The lowest BCUT2D eigenvalue weighted by atomic mass is 10.00. The molecule has 112 valence electrons. The van der Waals surface area contributed by atoms with Crippen LogP contribution in [0, 0.1) is 11.6 Å². The Hall–Kier alpha value is -1.05. The van der Waals surface area contributed by atoms with Gasteiger partial charge >= 0.3 is 0 Å². The summed E-state index contributed by atoms with van der Waals surface area (Å²) in [5.74, 6) is -2.23. The molecule has 4 nitrogen and oxygen atoms in total. The molecular weight excluding hydrogens is 286 g/mol. The normalized spacial score (nSPS) is 22.7. The third-order valence-corrected chi connectivity index (χ3v) is 5.52. The number of hydrogen-bond donors (Lipinski definition) is 1. The monoisotopic (exact) mass is 304 g/mol. The molecule has 2 atom stereocenters. The Morgan fingerprint density at radius 2 is 2.00 bits per heavy atom. The molecule has 0 bridgehead atoms. The van der Waals surface area contributed by atoms with Crippen molar-refractivity contribution in [2.75, 3.05) is 6.54 Å². The Morgan fingerprint density at radius 3 is 2.60 bits per heavy atom. The summed E-state index contributed by atoms with van der Waals surface area (Å²) in [4.78, 5) is -0.232. The highest BCUT2D eigenvalue weighted by Crippen LogP contribution is 2.27. The zero-order valence-electron chi connectivity index (χ0n) is 11.2. The maximum absolute atomic E-state index is 13.2. The number of halogens is 2. The Labute approximate surface area is 117 Å². The first kappa shape index (κ1) is 15.3. The van der Waals surface area contributed by atoms with Crippen molar-refractivity contribution in [3.05, 3.63) is 29.8 Å². The van der Waals surface area contributed by atoms with Crippen molar-refractivity contribution in [2.24, 2.45) is 5.73 Å². The second kappa shape index (κ2) is 5.75. The first-order valence-electron chi connectivity index (χ1n) is 6.56. The summed E-state index contributed by atoms with van der Waals surface area (Å²) in [7, 11) is -3.85. The molecule has 1 aliphatic rings. The quantitative estimate of drug-likeness (QED) is 0.927. The van der Waals surface area contributed by atoms with E-state index in [-0.39, 0.29) is 17.0 Å². The summed E-state index contributed by atoms with van der Waals surface area (Å²) >= 11 is 0. The average molecular weight is 304 g/mol. The van der Waals surface area contributed by atoms with Crippen LogP contribution in [0.25, 0.3) is 0 Å². The van der Waals surface area contributed by atoms with Gasteiger partial charge in [-0.1, -0.05) is 6.42 Å². The predicted octanol–water partition coefficient (Wildman–Crippen LogP) is 1.86. The van der Waals surface area contributed by atoms with Gasteiger partial charge in [-0.05, 0) is 38.0 Å². The average Bonchev–Trinajstić information content (AvgIpc) is 2.41. The predicted molar refractivity (Wildman–Crippen MR) is 71.5 cm³/mol. The van der Waals surface area contributed by atoms with E-state index >= 15 is 0 Å². The smallest absolute Gasteiger partial charge is 0.243 e. The molecule has 0 unspecified atom stereocenters. The van der Waals surface area contributed by atoms with E-state index in [2.05, 4.69) is 0 Å². The van der Waals surface area contributed by atoms with Crippen molar-refractivity contribution in [2.45, 2.75) is 43.2 Å². The van der Waals surface area contributed by atoms with E-state index in [1.54, 1.807) is 6.92 Å². The molecule has 0 amide bonds. The van der Waals surface area contributed by atoms with Crippen molar-refractivity contribution in [3.8, 4) is 0 Å². The number of nitrogens with zero attached hydrogens (tertiary/aromatic N) is 1. The number of rotatable bonds is 3. The minimum Gasteiger partial charge on any atom is -0.326 e. The highest BCUT2D eigenvalue weighted by molar-refractivity contribution is 7.89. The van der Waals surface area contributed by atoms with E-state index in [4.69, 9.17) is 5.73 Å². The lowest BCUT2D eigenvalue weighted by molar-refractivity contribution is 0.227. The highest BCUT2D eigenvalue weighted by atomic mass is 32.2. The molecule has 20 heavy (non-hydrogen) atoms. The molecular formula is C13H18F2N2O2S. The fourth-order valence-electron chi connectivity index (χ4n) is 2.53. The zero-order chi connectivity index (χ0) is 14.9. The summed E-state index contributed by atoms with van der Waals surface area (Å²) in [6.07, 6.45) is 2.34. The van der Waals surface area contributed by atoms with E-state index < -0.39 is 21.7 Å². The number of benzene rings is 1. The Morgan fingerprint density at radius 1 is 1.30 bits per heavy atom. The molecule has 0 saturated carbocycles. The molecule has 7 heteroatoms. The van der Waals surface area contributed by atoms with Crippen LogP contribution in [0.3, 0.4) is 0 Å². The number of piperidine rings is 1. The molecule has 0 aliphatic carbocycles. The Balaban J connectivity index is 2.39. The molecule has 1 fully saturated rings. The number of nitrogens with two attached hydrogens (primary N) is 1. The second-order valence-electron chi connectivity index (χ2n) is 5.11. The summed E-state index contributed by atoms with van der Waals surface area (Å²) in [5, 5.41) is 0. The van der Waals surface area contributed by atoms with Gasteiger partial charge in [0.1, 0.15) is 0 Å². The maximum Gasteiger partial charge on any atom is 0.243 e. The summed E-state index contributed by atoms with van der Waals surface area (Å²) in [6, 6.07) is 2.02. The summed E-state index contributed by atoms with van der Waals surface area (Å²) in [5.41, 5.74) is 5.85. The van der Waals surface area contributed by atoms with Crippen molar-refractivity contribution in [1.82, 2.24) is 4.31 Å². The van der Waals surface area contributed by atoms with Gasteiger partial charge in [0.15, 0.2) is 11.6 Å². The molecule has 1 aliphatic heterocycles. The fourth-order valence-corrected chi connectivity index (χ4v) is 4.31.